The molecule has 104 valence electrons. The van der Waals surface area contributed by atoms with Crippen molar-refractivity contribution in [2.45, 2.75) is 32.7 Å². The van der Waals surface area contributed by atoms with Crippen LogP contribution < -0.4 is 0 Å². The quantitative estimate of drug-likeness (QED) is 0.720. The predicted molar refractivity (Wildman–Crippen MR) is 75.7 cm³/mol. The minimum absolute atomic E-state index is 0.103. The van der Waals surface area contributed by atoms with E-state index in [0.29, 0.717) is 12.5 Å². The smallest absolute Gasteiger partial charge is 0.248 e. The first-order valence-electron chi connectivity index (χ1n) is 7.19. The van der Waals surface area contributed by atoms with Crippen molar-refractivity contribution in [3.63, 3.8) is 0 Å². The van der Waals surface area contributed by atoms with Crippen molar-refractivity contribution in [2.75, 3.05) is 19.8 Å². The van der Waals surface area contributed by atoms with Crippen molar-refractivity contribution in [2.24, 2.45) is 5.92 Å². The van der Waals surface area contributed by atoms with Crippen LogP contribution in [-0.4, -0.2) is 30.6 Å². The van der Waals surface area contributed by atoms with Crippen molar-refractivity contribution in [1.82, 2.24) is 4.90 Å². The topological polar surface area (TPSA) is 29.5 Å². The Balaban J connectivity index is 1.81. The molecule has 2 rings (SSSR count). The maximum Gasteiger partial charge on any atom is 0.248 e. The number of hydrogen-bond donors (Lipinski definition) is 0. The molecule has 0 radical (unpaired) electrons. The zero-order valence-electron chi connectivity index (χ0n) is 11.7. The number of rotatable bonds is 8. The lowest BCUT2D eigenvalue weighted by Crippen LogP contribution is -2.34. The fraction of sp³-hybridized carbons (Fsp3) is 0.562. The van der Waals surface area contributed by atoms with E-state index in [-0.39, 0.29) is 12.5 Å². The van der Waals surface area contributed by atoms with Gasteiger partial charge in [-0.05, 0) is 30.7 Å². The van der Waals surface area contributed by atoms with Gasteiger partial charge in [-0.15, -0.1) is 0 Å². The van der Waals surface area contributed by atoms with Crippen LogP contribution in [-0.2, 0) is 16.1 Å². The molecule has 1 aromatic rings. The molecular weight excluding hydrogens is 238 g/mol. The van der Waals surface area contributed by atoms with Gasteiger partial charge in [-0.25, -0.2) is 0 Å². The molecule has 0 aliphatic heterocycles. The van der Waals surface area contributed by atoms with E-state index < -0.39 is 0 Å². The summed E-state index contributed by atoms with van der Waals surface area (Å²) in [6.45, 7) is 4.54. The molecule has 0 heterocycles. The van der Waals surface area contributed by atoms with Crippen LogP contribution in [0, 0.1) is 5.92 Å². The SMILES string of the molecule is CCCN(Cc1ccccc1)C(=O)COCC1CC1. The third-order valence-electron chi connectivity index (χ3n) is 3.34. The van der Waals surface area contributed by atoms with Gasteiger partial charge in [0.05, 0.1) is 6.61 Å². The first-order chi connectivity index (χ1) is 9.29. The summed E-state index contributed by atoms with van der Waals surface area (Å²) in [6, 6.07) is 10.1. The lowest BCUT2D eigenvalue weighted by atomic mass is 10.2. The summed E-state index contributed by atoms with van der Waals surface area (Å²) in [5, 5.41) is 0. The second-order valence-corrected chi connectivity index (χ2v) is 5.26. The Morgan fingerprint density at radius 2 is 2.05 bits per heavy atom. The summed E-state index contributed by atoms with van der Waals surface area (Å²) in [4.78, 5) is 14.0. The standard InChI is InChI=1S/C16H23NO2/c1-2-10-17(11-14-6-4-3-5-7-14)16(18)13-19-12-15-8-9-15/h3-7,15H,2,8-13H2,1H3. The number of benzene rings is 1. The van der Waals surface area contributed by atoms with E-state index >= 15 is 0 Å². The maximum atomic E-state index is 12.1. The molecule has 3 heteroatoms. The molecule has 19 heavy (non-hydrogen) atoms. The summed E-state index contributed by atoms with van der Waals surface area (Å²) < 4.78 is 5.49. The highest BCUT2D eigenvalue weighted by Crippen LogP contribution is 2.28. The molecule has 0 spiro atoms. The largest absolute Gasteiger partial charge is 0.371 e. The zero-order chi connectivity index (χ0) is 13.5. The van der Waals surface area contributed by atoms with Crippen molar-refractivity contribution >= 4 is 5.91 Å². The minimum atomic E-state index is 0.103. The number of carbonyl (C=O) groups excluding carboxylic acids is 1. The molecule has 0 bridgehead atoms. The number of amides is 1. The minimum Gasteiger partial charge on any atom is -0.371 e. The summed E-state index contributed by atoms with van der Waals surface area (Å²) in [6.07, 6.45) is 3.49. The van der Waals surface area contributed by atoms with Gasteiger partial charge in [-0.2, -0.15) is 0 Å². The molecule has 1 aromatic carbocycles. The average molecular weight is 261 g/mol. The molecular formula is C16H23NO2. The zero-order valence-corrected chi connectivity index (χ0v) is 11.7. The van der Waals surface area contributed by atoms with Crippen molar-refractivity contribution in [1.29, 1.82) is 0 Å². The third-order valence-corrected chi connectivity index (χ3v) is 3.34. The number of carbonyl (C=O) groups is 1. The monoisotopic (exact) mass is 261 g/mol. The van der Waals surface area contributed by atoms with Crippen LogP contribution in [0.4, 0.5) is 0 Å². The highest BCUT2D eigenvalue weighted by molar-refractivity contribution is 5.77. The van der Waals surface area contributed by atoms with Crippen LogP contribution in [0.3, 0.4) is 0 Å². The van der Waals surface area contributed by atoms with E-state index in [1.165, 1.54) is 18.4 Å². The van der Waals surface area contributed by atoms with Crippen LogP contribution in [0.5, 0.6) is 0 Å². The molecule has 0 unspecified atom stereocenters. The molecule has 1 aliphatic carbocycles. The van der Waals surface area contributed by atoms with Crippen LogP contribution in [0.25, 0.3) is 0 Å². The van der Waals surface area contributed by atoms with E-state index in [4.69, 9.17) is 4.74 Å². The second-order valence-electron chi connectivity index (χ2n) is 5.26. The summed E-state index contributed by atoms with van der Waals surface area (Å²) >= 11 is 0. The Labute approximate surface area is 115 Å². The van der Waals surface area contributed by atoms with Gasteiger partial charge in [-0.3, -0.25) is 4.79 Å². The van der Waals surface area contributed by atoms with E-state index in [1.54, 1.807) is 0 Å². The Hall–Kier alpha value is -1.35. The normalized spacial score (nSPS) is 14.4. The summed E-state index contributed by atoms with van der Waals surface area (Å²) in [7, 11) is 0. The maximum absolute atomic E-state index is 12.1. The van der Waals surface area contributed by atoms with Crippen molar-refractivity contribution < 1.29 is 9.53 Å². The fourth-order valence-corrected chi connectivity index (χ4v) is 2.05. The van der Waals surface area contributed by atoms with Crippen LogP contribution in [0.2, 0.25) is 0 Å². The highest BCUT2D eigenvalue weighted by atomic mass is 16.5. The summed E-state index contributed by atoms with van der Waals surface area (Å²) in [5.41, 5.74) is 1.17. The van der Waals surface area contributed by atoms with Gasteiger partial charge in [0.1, 0.15) is 6.61 Å². The van der Waals surface area contributed by atoms with Gasteiger partial charge < -0.3 is 9.64 Å². The molecule has 1 aliphatic rings. The predicted octanol–water partition coefficient (Wildman–Crippen LogP) is 2.85. The highest BCUT2D eigenvalue weighted by Gasteiger charge is 2.22. The number of ether oxygens (including phenoxy) is 1. The Bertz CT molecular complexity index is 387. The molecule has 0 saturated heterocycles. The Morgan fingerprint density at radius 3 is 2.68 bits per heavy atom. The molecule has 3 nitrogen and oxygen atoms in total. The van der Waals surface area contributed by atoms with Crippen LogP contribution in [0.1, 0.15) is 31.7 Å². The van der Waals surface area contributed by atoms with E-state index in [9.17, 15) is 4.79 Å². The van der Waals surface area contributed by atoms with Gasteiger partial charge in [0.2, 0.25) is 5.91 Å². The van der Waals surface area contributed by atoms with E-state index in [2.05, 4.69) is 19.1 Å². The van der Waals surface area contributed by atoms with Gasteiger partial charge in [0.15, 0.2) is 0 Å². The first-order valence-corrected chi connectivity index (χ1v) is 7.19. The lowest BCUT2D eigenvalue weighted by Gasteiger charge is -2.22. The number of nitrogens with zero attached hydrogens (tertiary/aromatic N) is 1. The van der Waals surface area contributed by atoms with Gasteiger partial charge in [0, 0.05) is 13.1 Å². The fourth-order valence-electron chi connectivity index (χ4n) is 2.05. The van der Waals surface area contributed by atoms with E-state index in [1.807, 2.05) is 23.1 Å². The van der Waals surface area contributed by atoms with Crippen molar-refractivity contribution in [3.05, 3.63) is 35.9 Å². The molecule has 0 aromatic heterocycles. The summed E-state index contributed by atoms with van der Waals surface area (Å²) in [5.74, 6) is 0.813. The second kappa shape index (κ2) is 7.29. The molecule has 1 amide bonds. The third kappa shape index (κ3) is 5.03. The molecule has 1 saturated carbocycles. The average Bonchev–Trinajstić information content (AvgIpc) is 3.23. The van der Waals surface area contributed by atoms with E-state index in [0.717, 1.165) is 19.6 Å². The first kappa shape index (κ1) is 14.1. The Kier molecular flexibility index (Phi) is 5.40. The van der Waals surface area contributed by atoms with Gasteiger partial charge in [-0.1, -0.05) is 37.3 Å². The molecule has 0 N–H and O–H groups in total. The van der Waals surface area contributed by atoms with Crippen molar-refractivity contribution in [3.8, 4) is 0 Å². The molecule has 0 atom stereocenters. The van der Waals surface area contributed by atoms with Crippen LogP contribution >= 0.6 is 0 Å². The van der Waals surface area contributed by atoms with Gasteiger partial charge in [0.25, 0.3) is 0 Å². The Morgan fingerprint density at radius 1 is 1.32 bits per heavy atom. The number of hydrogen-bond acceptors (Lipinski definition) is 2. The van der Waals surface area contributed by atoms with Gasteiger partial charge >= 0.3 is 0 Å². The molecule has 1 fully saturated rings. The van der Waals surface area contributed by atoms with Crippen LogP contribution in [0.15, 0.2) is 30.3 Å². The lowest BCUT2D eigenvalue weighted by molar-refractivity contribution is -0.137.